The Labute approximate surface area is 159 Å². The van der Waals surface area contributed by atoms with Gasteiger partial charge in [-0.1, -0.05) is 19.3 Å². The molecule has 0 aromatic carbocycles. The van der Waals surface area contributed by atoms with Gasteiger partial charge >= 0.3 is 6.03 Å². The highest BCUT2D eigenvalue weighted by atomic mass is 16.2. The van der Waals surface area contributed by atoms with E-state index in [2.05, 4.69) is 15.1 Å². The number of carbonyl (C=O) groups excluding carboxylic acids is 1. The number of carbonyl (C=O) groups is 1. The van der Waals surface area contributed by atoms with Gasteiger partial charge in [-0.3, -0.25) is 4.90 Å². The number of piperazine rings is 1. The van der Waals surface area contributed by atoms with E-state index in [0.717, 1.165) is 43.9 Å². The molecule has 4 heteroatoms. The van der Waals surface area contributed by atoms with Gasteiger partial charge < -0.3 is 10.2 Å². The number of urea groups is 1. The van der Waals surface area contributed by atoms with E-state index in [-0.39, 0.29) is 6.03 Å². The van der Waals surface area contributed by atoms with Crippen molar-refractivity contribution in [2.75, 3.05) is 32.7 Å². The highest BCUT2D eigenvalue weighted by molar-refractivity contribution is 5.74. The van der Waals surface area contributed by atoms with Gasteiger partial charge in [0.1, 0.15) is 0 Å². The van der Waals surface area contributed by atoms with Crippen molar-refractivity contribution in [3.63, 3.8) is 0 Å². The van der Waals surface area contributed by atoms with Gasteiger partial charge in [0.25, 0.3) is 0 Å². The van der Waals surface area contributed by atoms with Crippen LogP contribution >= 0.6 is 0 Å². The Balaban J connectivity index is 1.11. The van der Waals surface area contributed by atoms with Crippen LogP contribution in [0.4, 0.5) is 4.79 Å². The third-order valence-corrected chi connectivity index (χ3v) is 8.32. The van der Waals surface area contributed by atoms with Crippen LogP contribution in [0.25, 0.3) is 0 Å². The minimum absolute atomic E-state index is 0.200. The Hall–Kier alpha value is -0.770. The lowest BCUT2D eigenvalue weighted by atomic mass is 9.49. The highest BCUT2D eigenvalue weighted by Gasteiger charge is 2.51. The topological polar surface area (TPSA) is 35.6 Å². The van der Waals surface area contributed by atoms with Crippen molar-refractivity contribution in [1.29, 1.82) is 0 Å². The molecule has 4 nitrogen and oxygen atoms in total. The molecule has 0 spiro atoms. The van der Waals surface area contributed by atoms with E-state index < -0.39 is 0 Å². The lowest BCUT2D eigenvalue weighted by molar-refractivity contribution is -0.0724. The number of hydrogen-bond donors (Lipinski definition) is 1. The fourth-order valence-electron chi connectivity index (χ4n) is 7.58. The molecule has 1 aliphatic heterocycles. The minimum Gasteiger partial charge on any atom is -0.335 e. The Bertz CT molecular complexity index is 484. The monoisotopic (exact) mass is 359 g/mol. The van der Waals surface area contributed by atoms with Crippen LogP contribution in [-0.4, -0.2) is 54.6 Å². The first kappa shape index (κ1) is 17.3. The number of amides is 2. The van der Waals surface area contributed by atoms with E-state index in [9.17, 15) is 4.79 Å². The first-order chi connectivity index (χ1) is 12.7. The Kier molecular flexibility index (Phi) is 4.67. The maximum Gasteiger partial charge on any atom is 0.317 e. The van der Waals surface area contributed by atoms with Crippen molar-refractivity contribution in [3.8, 4) is 0 Å². The zero-order valence-electron chi connectivity index (χ0n) is 16.4. The Morgan fingerprint density at radius 1 is 0.846 bits per heavy atom. The molecule has 2 amide bonds. The standard InChI is InChI=1S/C22H37N3O/c26-21(23-20-4-2-1-3-5-20)25-8-6-24(7-9-25)16-22-13-17-10-18(14-22)12-19(11-17)15-22/h17-20H,1-16H2,(H,23,26). The van der Waals surface area contributed by atoms with E-state index in [1.165, 1.54) is 77.2 Å². The SMILES string of the molecule is O=C(NC1CCCCC1)N1CCN(CC23CC4CC(CC(C4)C2)C3)CC1. The third-order valence-electron chi connectivity index (χ3n) is 8.32. The van der Waals surface area contributed by atoms with Crippen LogP contribution in [0.5, 0.6) is 0 Å². The fraction of sp³-hybridized carbons (Fsp3) is 0.955. The van der Waals surface area contributed by atoms with Gasteiger partial charge in [0.15, 0.2) is 0 Å². The summed E-state index contributed by atoms with van der Waals surface area (Å²) in [4.78, 5) is 17.3. The molecule has 1 heterocycles. The second-order valence-corrected chi connectivity index (χ2v) is 10.5. The summed E-state index contributed by atoms with van der Waals surface area (Å²) in [5.41, 5.74) is 0.640. The van der Waals surface area contributed by atoms with Gasteiger partial charge in [-0.05, 0) is 74.5 Å². The molecule has 0 aromatic heterocycles. The summed E-state index contributed by atoms with van der Waals surface area (Å²) in [7, 11) is 0. The summed E-state index contributed by atoms with van der Waals surface area (Å²) in [6.45, 7) is 5.32. The first-order valence-corrected chi connectivity index (χ1v) is 11.5. The summed E-state index contributed by atoms with van der Waals surface area (Å²) in [6, 6.07) is 0.632. The summed E-state index contributed by atoms with van der Waals surface area (Å²) >= 11 is 0. The molecular formula is C22H37N3O. The molecular weight excluding hydrogens is 322 g/mol. The summed E-state index contributed by atoms with van der Waals surface area (Å²) < 4.78 is 0. The molecule has 1 N–H and O–H groups in total. The Morgan fingerprint density at radius 3 is 2.00 bits per heavy atom. The van der Waals surface area contributed by atoms with Gasteiger partial charge in [-0.25, -0.2) is 4.79 Å². The predicted octanol–water partition coefficient (Wildman–Crippen LogP) is 3.86. The van der Waals surface area contributed by atoms with Crippen LogP contribution < -0.4 is 5.32 Å². The molecule has 4 bridgehead atoms. The van der Waals surface area contributed by atoms with Crippen molar-refractivity contribution < 1.29 is 4.79 Å². The van der Waals surface area contributed by atoms with Gasteiger partial charge in [0, 0.05) is 38.8 Å². The maximum atomic E-state index is 12.6. The van der Waals surface area contributed by atoms with Gasteiger partial charge in [-0.15, -0.1) is 0 Å². The van der Waals surface area contributed by atoms with Crippen LogP contribution in [0.15, 0.2) is 0 Å². The fourth-order valence-corrected chi connectivity index (χ4v) is 7.58. The van der Waals surface area contributed by atoms with Crippen LogP contribution in [0.3, 0.4) is 0 Å². The zero-order valence-corrected chi connectivity index (χ0v) is 16.4. The molecule has 146 valence electrons. The minimum atomic E-state index is 0.200. The van der Waals surface area contributed by atoms with Crippen LogP contribution in [0.1, 0.15) is 70.6 Å². The quantitative estimate of drug-likeness (QED) is 0.830. The van der Waals surface area contributed by atoms with Crippen molar-refractivity contribution in [2.24, 2.45) is 23.2 Å². The van der Waals surface area contributed by atoms with E-state index in [0.29, 0.717) is 11.5 Å². The molecule has 5 aliphatic carbocycles. The van der Waals surface area contributed by atoms with Crippen molar-refractivity contribution in [1.82, 2.24) is 15.1 Å². The number of nitrogens with one attached hydrogen (secondary N) is 1. The molecule has 6 fully saturated rings. The first-order valence-electron chi connectivity index (χ1n) is 11.5. The van der Waals surface area contributed by atoms with Gasteiger partial charge in [-0.2, -0.15) is 0 Å². The number of hydrogen-bond acceptors (Lipinski definition) is 2. The molecule has 26 heavy (non-hydrogen) atoms. The van der Waals surface area contributed by atoms with E-state index in [4.69, 9.17) is 0 Å². The Morgan fingerprint density at radius 2 is 1.42 bits per heavy atom. The zero-order chi connectivity index (χ0) is 17.6. The molecule has 0 unspecified atom stereocenters. The molecule has 0 aromatic rings. The molecule has 6 rings (SSSR count). The molecule has 5 saturated carbocycles. The summed E-state index contributed by atoms with van der Waals surface area (Å²) in [6.07, 6.45) is 15.4. The number of rotatable bonds is 3. The lowest BCUT2D eigenvalue weighted by Crippen LogP contribution is -2.57. The third kappa shape index (κ3) is 3.50. The van der Waals surface area contributed by atoms with Crippen molar-refractivity contribution in [2.45, 2.75) is 76.7 Å². The largest absolute Gasteiger partial charge is 0.335 e. The summed E-state index contributed by atoms with van der Waals surface area (Å²) in [5, 5.41) is 3.30. The van der Waals surface area contributed by atoms with Crippen molar-refractivity contribution in [3.05, 3.63) is 0 Å². The van der Waals surface area contributed by atoms with E-state index >= 15 is 0 Å². The second kappa shape index (κ2) is 7.00. The highest BCUT2D eigenvalue weighted by Crippen LogP contribution is 2.60. The smallest absolute Gasteiger partial charge is 0.317 e. The lowest BCUT2D eigenvalue weighted by Gasteiger charge is -2.58. The van der Waals surface area contributed by atoms with Gasteiger partial charge in [0.05, 0.1) is 0 Å². The number of nitrogens with zero attached hydrogens (tertiary/aromatic N) is 2. The van der Waals surface area contributed by atoms with Crippen LogP contribution in [0.2, 0.25) is 0 Å². The maximum absolute atomic E-state index is 12.6. The molecule has 1 saturated heterocycles. The second-order valence-electron chi connectivity index (χ2n) is 10.5. The van der Waals surface area contributed by atoms with Crippen LogP contribution in [0, 0.1) is 23.2 Å². The van der Waals surface area contributed by atoms with Crippen LogP contribution in [-0.2, 0) is 0 Å². The average Bonchev–Trinajstić information content (AvgIpc) is 2.61. The van der Waals surface area contributed by atoms with Gasteiger partial charge in [0.2, 0.25) is 0 Å². The van der Waals surface area contributed by atoms with Crippen molar-refractivity contribution >= 4 is 6.03 Å². The molecule has 0 atom stereocenters. The van der Waals surface area contributed by atoms with E-state index in [1.807, 2.05) is 0 Å². The van der Waals surface area contributed by atoms with E-state index in [1.54, 1.807) is 0 Å². The average molecular weight is 360 g/mol. The molecule has 0 radical (unpaired) electrons. The normalized spacial score (nSPS) is 40.8. The predicted molar refractivity (Wildman–Crippen MR) is 104 cm³/mol. The summed E-state index contributed by atoms with van der Waals surface area (Å²) in [5.74, 6) is 3.14. The molecule has 6 aliphatic rings.